The molecular formula is C49H61F2N11O5. The van der Waals surface area contributed by atoms with E-state index < -0.39 is 46.8 Å². The Bertz CT molecular complexity index is 2460. The van der Waals surface area contributed by atoms with Gasteiger partial charge in [-0.1, -0.05) is 13.8 Å². The number of halogens is 2. The second-order valence-corrected chi connectivity index (χ2v) is 20.9. The Morgan fingerprint density at radius 1 is 0.821 bits per heavy atom. The third-order valence-electron chi connectivity index (χ3n) is 15.9. The first-order chi connectivity index (χ1) is 32.1. The van der Waals surface area contributed by atoms with Crippen molar-refractivity contribution in [1.29, 1.82) is 0 Å². The highest BCUT2D eigenvalue weighted by Crippen LogP contribution is 2.43. The molecule has 1 spiro atoms. The normalized spacial score (nSPS) is 26.1. The molecule has 10 rings (SSSR count). The van der Waals surface area contributed by atoms with Crippen LogP contribution in [0.5, 0.6) is 0 Å². The first-order valence-electron chi connectivity index (χ1n) is 24.0. The zero-order valence-electron chi connectivity index (χ0n) is 38.7. The molecule has 3 aromatic rings. The summed E-state index contributed by atoms with van der Waals surface area (Å²) in [5.41, 5.74) is 1.67. The molecule has 7 aliphatic rings. The molecule has 5 saturated heterocycles. The number of nitrogens with one attached hydrogen (secondary N) is 3. The number of anilines is 4. The van der Waals surface area contributed by atoms with Crippen molar-refractivity contribution < 1.29 is 32.8 Å². The molecule has 1 saturated carbocycles. The SMILES string of the molecule is CN(CCNc1cc(N2CCC3(CC2)CN(c2cc(F)c(CN4CCC(C)(C)CC4)cc2F)CC(=O)N3)ncn1)[C@@H]1C[C@@H]2CN(c3ccc4c(c3)C(=O)N(C3CCC(=O)NC3=O)C4=O)C[C@@H]2C1. The predicted octanol–water partition coefficient (Wildman–Crippen LogP) is 4.01. The number of fused-ring (bicyclic) bond motifs is 2. The van der Waals surface area contributed by atoms with E-state index in [-0.39, 0.29) is 36.4 Å². The number of hydrogen-bond donors (Lipinski definition) is 3. The summed E-state index contributed by atoms with van der Waals surface area (Å²) in [4.78, 5) is 84.8. The number of likely N-dealkylation sites (tertiary alicyclic amines) is 1. The van der Waals surface area contributed by atoms with Gasteiger partial charge < -0.3 is 30.2 Å². The molecule has 16 nitrogen and oxygen atoms in total. The molecule has 1 aliphatic carbocycles. The van der Waals surface area contributed by atoms with E-state index in [1.54, 1.807) is 23.4 Å². The Kier molecular flexibility index (Phi) is 11.9. The van der Waals surface area contributed by atoms with Gasteiger partial charge >= 0.3 is 0 Å². The second kappa shape index (κ2) is 17.7. The van der Waals surface area contributed by atoms with E-state index in [0.29, 0.717) is 80.1 Å². The number of piperidine rings is 3. The summed E-state index contributed by atoms with van der Waals surface area (Å²) in [6.45, 7) is 11.4. The highest BCUT2D eigenvalue weighted by Gasteiger charge is 2.47. The average Bonchev–Trinajstić information content (AvgIpc) is 3.96. The molecule has 1 unspecified atom stereocenters. The molecule has 0 bridgehead atoms. The minimum absolute atomic E-state index is 0.0269. The molecule has 6 aliphatic heterocycles. The number of likely N-dealkylation sites (N-methyl/N-ethyl adjacent to an activating group) is 1. The van der Waals surface area contributed by atoms with E-state index in [1.165, 1.54) is 12.1 Å². The zero-order chi connectivity index (χ0) is 46.8. The van der Waals surface area contributed by atoms with E-state index in [0.717, 1.165) is 80.6 Å². The molecule has 18 heteroatoms. The molecule has 3 N–H and O–H groups in total. The van der Waals surface area contributed by atoms with Crippen molar-refractivity contribution in [2.24, 2.45) is 17.3 Å². The lowest BCUT2D eigenvalue weighted by Gasteiger charge is -2.48. The van der Waals surface area contributed by atoms with Gasteiger partial charge in [0.15, 0.2) is 0 Å². The Morgan fingerprint density at radius 3 is 2.28 bits per heavy atom. The standard InChI is InChI=1S/C49H61F2N11O5/c1-48(2)8-13-58(14-9-48)24-32-20-38(51)40(22-37(32)50)61-27-44(64)56-49(28-61)10-15-59(16-11-49)42-23-41(53-29-54-42)52-12-17-57(3)34-18-30-25-60(26-31(30)19-34)33-4-5-35-36(21-33)47(67)62(46(35)66)39-6-7-43(63)55-45(39)65/h4-5,20-23,29-31,34,39H,6-19,24-28H2,1-3H3,(H,56,64)(H,52,53,54)(H,55,63,65)/t30-,31+,34-,39?. The molecule has 356 valence electrons. The van der Waals surface area contributed by atoms with Gasteiger partial charge in [0.1, 0.15) is 35.6 Å². The predicted molar refractivity (Wildman–Crippen MR) is 248 cm³/mol. The van der Waals surface area contributed by atoms with Crippen LogP contribution in [0.1, 0.15) is 91.5 Å². The maximum absolute atomic E-state index is 15.7. The van der Waals surface area contributed by atoms with Gasteiger partial charge in [-0.2, -0.15) is 0 Å². The number of carbonyl (C=O) groups is 5. The van der Waals surface area contributed by atoms with Crippen LogP contribution in [0.15, 0.2) is 42.7 Å². The lowest BCUT2D eigenvalue weighted by Crippen LogP contribution is -2.66. The van der Waals surface area contributed by atoms with Crippen LogP contribution < -0.4 is 30.7 Å². The number of benzene rings is 2. The van der Waals surface area contributed by atoms with Gasteiger partial charge in [-0.05, 0) is 107 Å². The van der Waals surface area contributed by atoms with Gasteiger partial charge in [0.2, 0.25) is 17.7 Å². The lowest BCUT2D eigenvalue weighted by molar-refractivity contribution is -0.136. The van der Waals surface area contributed by atoms with Gasteiger partial charge in [-0.3, -0.25) is 39.1 Å². The van der Waals surface area contributed by atoms with Crippen molar-refractivity contribution >= 4 is 52.5 Å². The van der Waals surface area contributed by atoms with Crippen LogP contribution in [-0.2, 0) is 20.9 Å². The topological polar surface area (TPSA) is 167 Å². The number of piperazine rings is 1. The minimum atomic E-state index is -0.985. The number of rotatable bonds is 11. The van der Waals surface area contributed by atoms with Crippen LogP contribution in [-0.4, -0.2) is 144 Å². The van der Waals surface area contributed by atoms with Crippen molar-refractivity contribution in [3.63, 3.8) is 0 Å². The lowest BCUT2D eigenvalue weighted by atomic mass is 9.82. The summed E-state index contributed by atoms with van der Waals surface area (Å²) in [5, 5.41) is 8.94. The summed E-state index contributed by atoms with van der Waals surface area (Å²) in [6.07, 6.45) is 7.19. The highest BCUT2D eigenvalue weighted by atomic mass is 19.1. The van der Waals surface area contributed by atoms with Gasteiger partial charge in [-0.25, -0.2) is 18.7 Å². The Hall–Kier alpha value is -5.75. The largest absolute Gasteiger partial charge is 0.371 e. The number of amides is 5. The number of aromatic nitrogens is 2. The molecule has 0 radical (unpaired) electrons. The summed E-state index contributed by atoms with van der Waals surface area (Å²) in [5.74, 6) is -0.609. The molecule has 7 heterocycles. The van der Waals surface area contributed by atoms with Crippen LogP contribution in [0.4, 0.5) is 31.8 Å². The summed E-state index contributed by atoms with van der Waals surface area (Å²) < 4.78 is 31.2. The van der Waals surface area contributed by atoms with Crippen molar-refractivity contribution in [3.05, 3.63) is 71.1 Å². The smallest absolute Gasteiger partial charge is 0.262 e. The second-order valence-electron chi connectivity index (χ2n) is 20.9. The Morgan fingerprint density at radius 2 is 1.55 bits per heavy atom. The van der Waals surface area contributed by atoms with Crippen molar-refractivity contribution in [1.82, 2.24) is 35.3 Å². The molecule has 1 aromatic heterocycles. The van der Waals surface area contributed by atoms with E-state index in [2.05, 4.69) is 66.4 Å². The summed E-state index contributed by atoms with van der Waals surface area (Å²) in [6, 6.07) is 9.36. The number of hydrogen-bond acceptors (Lipinski definition) is 13. The van der Waals surface area contributed by atoms with Gasteiger partial charge in [-0.15, -0.1) is 0 Å². The maximum atomic E-state index is 15.7. The number of carbonyl (C=O) groups excluding carboxylic acids is 5. The molecule has 5 amide bonds. The molecule has 6 fully saturated rings. The van der Waals surface area contributed by atoms with Crippen LogP contribution >= 0.6 is 0 Å². The average molecular weight is 922 g/mol. The molecule has 4 atom stereocenters. The minimum Gasteiger partial charge on any atom is -0.371 e. The fourth-order valence-corrected chi connectivity index (χ4v) is 11.7. The van der Waals surface area contributed by atoms with Crippen LogP contribution in [0, 0.1) is 28.9 Å². The summed E-state index contributed by atoms with van der Waals surface area (Å²) in [7, 11) is 2.17. The van der Waals surface area contributed by atoms with E-state index in [9.17, 15) is 24.0 Å². The molecule has 67 heavy (non-hydrogen) atoms. The quantitative estimate of drug-likeness (QED) is 0.237. The fraction of sp³-hybridized carbons (Fsp3) is 0.571. The van der Waals surface area contributed by atoms with Crippen LogP contribution in [0.2, 0.25) is 0 Å². The van der Waals surface area contributed by atoms with Crippen molar-refractivity contribution in [2.45, 2.75) is 89.4 Å². The van der Waals surface area contributed by atoms with Crippen molar-refractivity contribution in [3.8, 4) is 0 Å². The molecule has 2 aromatic carbocycles. The third kappa shape index (κ3) is 9.06. The van der Waals surface area contributed by atoms with Crippen molar-refractivity contribution in [2.75, 3.05) is 92.5 Å². The fourth-order valence-electron chi connectivity index (χ4n) is 11.7. The van der Waals surface area contributed by atoms with E-state index in [4.69, 9.17) is 0 Å². The number of imide groups is 2. The van der Waals surface area contributed by atoms with E-state index >= 15 is 8.78 Å². The zero-order valence-corrected chi connectivity index (χ0v) is 38.7. The van der Waals surface area contributed by atoms with Gasteiger partial charge in [0.25, 0.3) is 11.8 Å². The van der Waals surface area contributed by atoms with E-state index in [1.807, 2.05) is 12.1 Å². The Labute approximate surface area is 389 Å². The monoisotopic (exact) mass is 921 g/mol. The highest BCUT2D eigenvalue weighted by molar-refractivity contribution is 6.23. The molecular weight excluding hydrogens is 861 g/mol. The Balaban J connectivity index is 0.683. The summed E-state index contributed by atoms with van der Waals surface area (Å²) >= 11 is 0. The number of nitrogens with zero attached hydrogens (tertiary/aromatic N) is 8. The maximum Gasteiger partial charge on any atom is 0.262 e. The first-order valence-corrected chi connectivity index (χ1v) is 24.0. The first kappa shape index (κ1) is 45.1. The van der Waals surface area contributed by atoms with Gasteiger partial charge in [0, 0.05) is 88.2 Å². The van der Waals surface area contributed by atoms with Crippen LogP contribution in [0.3, 0.4) is 0 Å². The van der Waals surface area contributed by atoms with Crippen LogP contribution in [0.25, 0.3) is 0 Å². The van der Waals surface area contributed by atoms with Gasteiger partial charge in [0.05, 0.1) is 28.9 Å². The third-order valence-corrected chi connectivity index (χ3v) is 15.9.